The van der Waals surface area contributed by atoms with Gasteiger partial charge in [0.15, 0.2) is 0 Å². The number of hydrogen-bond acceptors (Lipinski definition) is 1. The second kappa shape index (κ2) is 3.69. The van der Waals surface area contributed by atoms with Crippen LogP contribution in [0.1, 0.15) is 17.2 Å². The van der Waals surface area contributed by atoms with Gasteiger partial charge in [0.1, 0.15) is 0 Å². The molecule has 2 N–H and O–H groups in total. The molecule has 2 aromatic carbocycles. The molecule has 0 saturated heterocycles. The van der Waals surface area contributed by atoms with Crippen molar-refractivity contribution in [2.45, 2.75) is 6.04 Å². The highest BCUT2D eigenvalue weighted by molar-refractivity contribution is 5.85. The van der Waals surface area contributed by atoms with Gasteiger partial charge >= 0.3 is 0 Å². The minimum Gasteiger partial charge on any atom is -0.320 e. The summed E-state index contributed by atoms with van der Waals surface area (Å²) in [5, 5.41) is 0. The van der Waals surface area contributed by atoms with Crippen molar-refractivity contribution in [3.8, 4) is 11.1 Å². The van der Waals surface area contributed by atoms with Gasteiger partial charge in [-0.3, -0.25) is 0 Å². The molecule has 0 fully saturated rings. The minimum absolute atomic E-state index is 0. The van der Waals surface area contributed by atoms with Crippen LogP contribution in [0.2, 0.25) is 0 Å². The van der Waals surface area contributed by atoms with Crippen molar-refractivity contribution in [2.24, 2.45) is 5.73 Å². The average Bonchev–Trinajstić information content (AvgIpc) is 2.55. The SMILES string of the molecule is Cl.NC1c2ccccc2-c2ccccc21. The lowest BCUT2D eigenvalue weighted by molar-refractivity contribution is 0.901. The van der Waals surface area contributed by atoms with E-state index in [4.69, 9.17) is 5.73 Å². The first-order valence-corrected chi connectivity index (χ1v) is 4.82. The molecule has 0 aliphatic heterocycles. The fourth-order valence-corrected chi connectivity index (χ4v) is 2.19. The Labute approximate surface area is 95.3 Å². The van der Waals surface area contributed by atoms with Crippen LogP contribution >= 0.6 is 12.4 Å². The van der Waals surface area contributed by atoms with Crippen LogP contribution in [0.15, 0.2) is 48.5 Å². The number of benzene rings is 2. The maximum absolute atomic E-state index is 6.16. The van der Waals surface area contributed by atoms with Crippen LogP contribution < -0.4 is 5.73 Å². The first kappa shape index (κ1) is 10.2. The highest BCUT2D eigenvalue weighted by atomic mass is 35.5. The van der Waals surface area contributed by atoms with E-state index in [0.29, 0.717) is 0 Å². The Bertz CT molecular complexity index is 448. The minimum atomic E-state index is 0. The maximum atomic E-state index is 6.16. The molecule has 0 amide bonds. The molecular formula is C13H12ClN. The summed E-state index contributed by atoms with van der Waals surface area (Å²) in [5.74, 6) is 0. The van der Waals surface area contributed by atoms with Crippen LogP contribution in [0.3, 0.4) is 0 Å². The van der Waals surface area contributed by atoms with Crippen LogP contribution in [-0.2, 0) is 0 Å². The number of hydrogen-bond donors (Lipinski definition) is 1. The van der Waals surface area contributed by atoms with Gasteiger partial charge in [0.2, 0.25) is 0 Å². The molecule has 0 bridgehead atoms. The first-order valence-electron chi connectivity index (χ1n) is 4.82. The van der Waals surface area contributed by atoms with E-state index in [1.807, 2.05) is 12.1 Å². The first-order chi connectivity index (χ1) is 6.88. The van der Waals surface area contributed by atoms with E-state index >= 15 is 0 Å². The standard InChI is InChI=1S/C13H11N.ClH/c14-13-11-7-3-1-5-9(11)10-6-2-4-8-12(10)13;/h1-8,13H,14H2;1H. The molecule has 2 aromatic rings. The van der Waals surface area contributed by atoms with Crippen LogP contribution in [0.25, 0.3) is 11.1 Å². The summed E-state index contributed by atoms with van der Waals surface area (Å²) in [6, 6.07) is 16.8. The number of fused-ring (bicyclic) bond motifs is 3. The lowest BCUT2D eigenvalue weighted by Gasteiger charge is -2.04. The van der Waals surface area contributed by atoms with Crippen LogP contribution in [-0.4, -0.2) is 0 Å². The van der Waals surface area contributed by atoms with Gasteiger partial charge < -0.3 is 5.73 Å². The molecular weight excluding hydrogens is 206 g/mol. The second-order valence-electron chi connectivity index (χ2n) is 3.65. The van der Waals surface area contributed by atoms with Gasteiger partial charge in [0.05, 0.1) is 6.04 Å². The highest BCUT2D eigenvalue weighted by Gasteiger charge is 2.24. The fraction of sp³-hybridized carbons (Fsp3) is 0.0769. The second-order valence-corrected chi connectivity index (χ2v) is 3.65. The Morgan fingerprint density at radius 3 is 1.60 bits per heavy atom. The number of nitrogens with two attached hydrogens (primary N) is 1. The van der Waals surface area contributed by atoms with Gasteiger partial charge in [-0.25, -0.2) is 0 Å². The van der Waals surface area contributed by atoms with Crippen molar-refractivity contribution in [2.75, 3.05) is 0 Å². The number of rotatable bonds is 0. The van der Waals surface area contributed by atoms with Crippen LogP contribution in [0, 0.1) is 0 Å². The Kier molecular flexibility index (Phi) is 2.51. The van der Waals surface area contributed by atoms with Gasteiger partial charge in [-0.15, -0.1) is 12.4 Å². The monoisotopic (exact) mass is 217 g/mol. The molecule has 0 radical (unpaired) electrons. The molecule has 3 rings (SSSR count). The molecule has 1 nitrogen and oxygen atoms in total. The van der Waals surface area contributed by atoms with E-state index in [1.54, 1.807) is 0 Å². The normalized spacial score (nSPS) is 12.9. The summed E-state index contributed by atoms with van der Waals surface area (Å²) in [6.07, 6.45) is 0. The summed E-state index contributed by atoms with van der Waals surface area (Å²) in [5.41, 5.74) is 11.2. The summed E-state index contributed by atoms with van der Waals surface area (Å²) in [7, 11) is 0. The molecule has 0 atom stereocenters. The molecule has 0 saturated carbocycles. The molecule has 0 unspecified atom stereocenters. The largest absolute Gasteiger partial charge is 0.320 e. The Balaban J connectivity index is 0.000000853. The highest BCUT2D eigenvalue weighted by Crippen LogP contribution is 2.41. The topological polar surface area (TPSA) is 26.0 Å². The third kappa shape index (κ3) is 1.36. The van der Waals surface area contributed by atoms with E-state index in [-0.39, 0.29) is 18.4 Å². The Hall–Kier alpha value is -1.31. The fourth-order valence-electron chi connectivity index (χ4n) is 2.19. The predicted octanol–water partition coefficient (Wildman–Crippen LogP) is 3.14. The van der Waals surface area contributed by atoms with Crippen molar-refractivity contribution in [1.82, 2.24) is 0 Å². The molecule has 0 spiro atoms. The lowest BCUT2D eigenvalue weighted by atomic mass is 10.1. The smallest absolute Gasteiger partial charge is 0.0563 e. The van der Waals surface area contributed by atoms with E-state index in [1.165, 1.54) is 22.3 Å². The van der Waals surface area contributed by atoms with Gasteiger partial charge in [-0.2, -0.15) is 0 Å². The maximum Gasteiger partial charge on any atom is 0.0563 e. The molecule has 1 aliphatic rings. The molecule has 2 heteroatoms. The van der Waals surface area contributed by atoms with Crippen molar-refractivity contribution < 1.29 is 0 Å². The molecule has 1 aliphatic carbocycles. The van der Waals surface area contributed by atoms with E-state index in [0.717, 1.165) is 0 Å². The Morgan fingerprint density at radius 1 is 0.733 bits per heavy atom. The zero-order valence-corrected chi connectivity index (χ0v) is 9.00. The van der Waals surface area contributed by atoms with Crippen LogP contribution in [0.5, 0.6) is 0 Å². The third-order valence-corrected chi connectivity index (χ3v) is 2.88. The summed E-state index contributed by atoms with van der Waals surface area (Å²) >= 11 is 0. The van der Waals surface area contributed by atoms with E-state index in [9.17, 15) is 0 Å². The quantitative estimate of drug-likeness (QED) is 0.721. The van der Waals surface area contributed by atoms with Crippen molar-refractivity contribution in [3.05, 3.63) is 59.7 Å². The van der Waals surface area contributed by atoms with E-state index < -0.39 is 0 Å². The molecule has 0 heterocycles. The predicted molar refractivity (Wildman–Crippen MR) is 65.2 cm³/mol. The van der Waals surface area contributed by atoms with E-state index in [2.05, 4.69) is 36.4 Å². The number of halogens is 1. The van der Waals surface area contributed by atoms with Gasteiger partial charge in [-0.05, 0) is 22.3 Å². The molecule has 0 aromatic heterocycles. The lowest BCUT2D eigenvalue weighted by Crippen LogP contribution is -2.07. The van der Waals surface area contributed by atoms with Crippen molar-refractivity contribution >= 4 is 12.4 Å². The van der Waals surface area contributed by atoms with Crippen molar-refractivity contribution in [1.29, 1.82) is 0 Å². The molecule has 76 valence electrons. The summed E-state index contributed by atoms with van der Waals surface area (Å²) in [4.78, 5) is 0. The zero-order valence-electron chi connectivity index (χ0n) is 8.18. The molecule has 15 heavy (non-hydrogen) atoms. The van der Waals surface area contributed by atoms with Gasteiger partial charge in [-0.1, -0.05) is 48.5 Å². The average molecular weight is 218 g/mol. The van der Waals surface area contributed by atoms with Gasteiger partial charge in [0.25, 0.3) is 0 Å². The Morgan fingerprint density at radius 2 is 1.13 bits per heavy atom. The van der Waals surface area contributed by atoms with Crippen LogP contribution in [0.4, 0.5) is 0 Å². The zero-order chi connectivity index (χ0) is 9.54. The summed E-state index contributed by atoms with van der Waals surface area (Å²) in [6.45, 7) is 0. The summed E-state index contributed by atoms with van der Waals surface area (Å²) < 4.78 is 0. The van der Waals surface area contributed by atoms with Crippen molar-refractivity contribution in [3.63, 3.8) is 0 Å². The van der Waals surface area contributed by atoms with Gasteiger partial charge in [0, 0.05) is 0 Å². The third-order valence-electron chi connectivity index (χ3n) is 2.88.